The smallest absolute Gasteiger partial charge is 0.294 e. The highest BCUT2D eigenvalue weighted by atomic mass is 35.5. The summed E-state index contributed by atoms with van der Waals surface area (Å²) in [5.41, 5.74) is 2.72. The highest BCUT2D eigenvalue weighted by molar-refractivity contribution is 6.43. The second-order valence-corrected chi connectivity index (χ2v) is 8.92. The first kappa shape index (κ1) is 27.3. The lowest BCUT2D eigenvalue weighted by atomic mass is 10.1. The van der Waals surface area contributed by atoms with Gasteiger partial charge in [-0.3, -0.25) is 14.4 Å². The molecule has 0 radical (unpaired) electrons. The SMILES string of the molecule is C=CC(=O)Nc1cc(Nc2ncc(Cl)c(Nc3ccccc3C(=O)C(=O)N(C)C)n2)ccc1CN(C)C. The average Bonchev–Trinajstić information content (AvgIpc) is 2.86. The molecule has 3 rings (SSSR count). The topological polar surface area (TPSA) is 120 Å². The maximum absolute atomic E-state index is 12.7. The van der Waals surface area contributed by atoms with E-state index in [0.29, 0.717) is 23.6 Å². The predicted molar refractivity (Wildman–Crippen MR) is 146 cm³/mol. The molecule has 192 valence electrons. The second kappa shape index (κ2) is 12.1. The van der Waals surface area contributed by atoms with Gasteiger partial charge in [0.15, 0.2) is 5.82 Å². The molecule has 0 aliphatic carbocycles. The molecule has 0 atom stereocenters. The van der Waals surface area contributed by atoms with Crippen LogP contribution in [0, 0.1) is 0 Å². The molecular weight excluding hydrogens is 494 g/mol. The number of rotatable bonds is 10. The number of benzene rings is 2. The van der Waals surface area contributed by atoms with Crippen LogP contribution in [0.5, 0.6) is 0 Å². The molecule has 0 bridgehead atoms. The minimum Gasteiger partial charge on any atom is -0.342 e. The Morgan fingerprint density at radius 1 is 1.03 bits per heavy atom. The van der Waals surface area contributed by atoms with Crippen LogP contribution in [-0.4, -0.2) is 65.6 Å². The summed E-state index contributed by atoms with van der Waals surface area (Å²) < 4.78 is 0. The van der Waals surface area contributed by atoms with Crippen molar-refractivity contribution in [3.63, 3.8) is 0 Å². The fraction of sp³-hybridized carbons (Fsp3) is 0.192. The Labute approximate surface area is 220 Å². The van der Waals surface area contributed by atoms with Crippen LogP contribution in [0.2, 0.25) is 5.02 Å². The van der Waals surface area contributed by atoms with Crippen molar-refractivity contribution in [3.05, 3.63) is 77.5 Å². The van der Waals surface area contributed by atoms with Gasteiger partial charge in [-0.1, -0.05) is 36.4 Å². The highest BCUT2D eigenvalue weighted by Gasteiger charge is 2.21. The molecule has 10 nitrogen and oxygen atoms in total. The minimum absolute atomic E-state index is 0.185. The van der Waals surface area contributed by atoms with E-state index in [1.165, 1.54) is 31.3 Å². The first-order valence-electron chi connectivity index (χ1n) is 11.2. The first-order valence-corrected chi connectivity index (χ1v) is 11.6. The second-order valence-electron chi connectivity index (χ2n) is 8.52. The number of hydrogen-bond donors (Lipinski definition) is 3. The van der Waals surface area contributed by atoms with Crippen molar-refractivity contribution in [1.82, 2.24) is 19.8 Å². The van der Waals surface area contributed by atoms with Gasteiger partial charge in [-0.05, 0) is 50.0 Å². The molecule has 3 N–H and O–H groups in total. The number of likely N-dealkylation sites (N-methyl/N-ethyl adjacent to an activating group) is 1. The summed E-state index contributed by atoms with van der Waals surface area (Å²) in [5, 5.41) is 9.16. The maximum atomic E-state index is 12.7. The van der Waals surface area contributed by atoms with Gasteiger partial charge in [-0.15, -0.1) is 0 Å². The maximum Gasteiger partial charge on any atom is 0.294 e. The van der Waals surface area contributed by atoms with Crippen LogP contribution in [0.1, 0.15) is 15.9 Å². The van der Waals surface area contributed by atoms with Crippen molar-refractivity contribution in [2.75, 3.05) is 44.1 Å². The Hall–Kier alpha value is -4.28. The average molecular weight is 522 g/mol. The van der Waals surface area contributed by atoms with E-state index in [1.54, 1.807) is 30.3 Å². The van der Waals surface area contributed by atoms with Gasteiger partial charge in [0.05, 0.1) is 17.4 Å². The number of nitrogens with zero attached hydrogens (tertiary/aromatic N) is 4. The Morgan fingerprint density at radius 3 is 2.43 bits per heavy atom. The third kappa shape index (κ3) is 7.12. The van der Waals surface area contributed by atoms with Gasteiger partial charge < -0.3 is 25.8 Å². The van der Waals surface area contributed by atoms with Crippen LogP contribution in [-0.2, 0) is 16.1 Å². The zero-order valence-electron chi connectivity index (χ0n) is 21.0. The molecular formula is C26H28ClN7O3. The molecule has 0 unspecified atom stereocenters. The standard InChI is InChI=1S/C26H28ClN7O3/c1-6-22(35)30-21-13-17(12-11-16(21)15-33(2)3)29-26-28-14-19(27)24(32-26)31-20-10-8-7-9-18(20)23(36)25(37)34(4)5/h6-14H,1,15H2,2-5H3,(H,30,35)(H2,28,29,31,32). The summed E-state index contributed by atoms with van der Waals surface area (Å²) >= 11 is 6.32. The van der Waals surface area contributed by atoms with Crippen LogP contribution >= 0.6 is 11.6 Å². The molecule has 2 aromatic carbocycles. The fourth-order valence-corrected chi connectivity index (χ4v) is 3.45. The number of Topliss-reactive ketones (excluding diaryl/α,β-unsaturated/α-hetero) is 1. The summed E-state index contributed by atoms with van der Waals surface area (Å²) in [6.45, 7) is 4.12. The largest absolute Gasteiger partial charge is 0.342 e. The summed E-state index contributed by atoms with van der Waals surface area (Å²) in [4.78, 5) is 48.7. The van der Waals surface area contributed by atoms with E-state index in [0.717, 1.165) is 5.56 Å². The van der Waals surface area contributed by atoms with Crippen molar-refractivity contribution in [2.24, 2.45) is 0 Å². The van der Waals surface area contributed by atoms with Crippen LogP contribution < -0.4 is 16.0 Å². The number of nitrogens with one attached hydrogen (secondary N) is 3. The number of ketones is 1. The molecule has 1 heterocycles. The first-order chi connectivity index (χ1) is 17.6. The van der Waals surface area contributed by atoms with Crippen LogP contribution in [0.3, 0.4) is 0 Å². The molecule has 37 heavy (non-hydrogen) atoms. The van der Waals surface area contributed by atoms with Gasteiger partial charge in [-0.2, -0.15) is 4.98 Å². The normalized spacial score (nSPS) is 10.5. The Morgan fingerprint density at radius 2 is 1.76 bits per heavy atom. The van der Waals surface area contributed by atoms with Crippen molar-refractivity contribution >= 4 is 58.0 Å². The molecule has 0 fully saturated rings. The molecule has 0 spiro atoms. The zero-order valence-corrected chi connectivity index (χ0v) is 21.8. The fourth-order valence-electron chi connectivity index (χ4n) is 3.31. The summed E-state index contributed by atoms with van der Waals surface area (Å²) in [6, 6.07) is 12.1. The quantitative estimate of drug-likeness (QED) is 0.207. The van der Waals surface area contributed by atoms with E-state index in [1.807, 2.05) is 31.1 Å². The number of hydrogen-bond acceptors (Lipinski definition) is 8. The Bertz CT molecular complexity index is 1340. The minimum atomic E-state index is -0.663. The molecule has 0 aliphatic rings. The van der Waals surface area contributed by atoms with Crippen molar-refractivity contribution in [3.8, 4) is 0 Å². The van der Waals surface area contributed by atoms with Gasteiger partial charge in [0.2, 0.25) is 11.9 Å². The van der Waals surface area contributed by atoms with Gasteiger partial charge in [0.1, 0.15) is 5.02 Å². The highest BCUT2D eigenvalue weighted by Crippen LogP contribution is 2.28. The molecule has 0 saturated heterocycles. The molecule has 11 heteroatoms. The lowest BCUT2D eigenvalue weighted by Crippen LogP contribution is -2.30. The lowest BCUT2D eigenvalue weighted by Gasteiger charge is -2.17. The molecule has 0 aliphatic heterocycles. The monoisotopic (exact) mass is 521 g/mol. The number of amides is 2. The number of carbonyl (C=O) groups excluding carboxylic acids is 3. The van der Waals surface area contributed by atoms with E-state index in [2.05, 4.69) is 32.5 Å². The zero-order chi connectivity index (χ0) is 27.1. The number of aromatic nitrogens is 2. The van der Waals surface area contributed by atoms with E-state index in [-0.39, 0.29) is 28.3 Å². The van der Waals surface area contributed by atoms with Crippen LogP contribution in [0.15, 0.2) is 61.3 Å². The van der Waals surface area contributed by atoms with Gasteiger partial charge in [-0.25, -0.2) is 4.98 Å². The van der Waals surface area contributed by atoms with Crippen molar-refractivity contribution in [2.45, 2.75) is 6.54 Å². The van der Waals surface area contributed by atoms with E-state index in [9.17, 15) is 14.4 Å². The van der Waals surface area contributed by atoms with E-state index >= 15 is 0 Å². The molecule has 2 amide bonds. The molecule has 0 saturated carbocycles. The van der Waals surface area contributed by atoms with E-state index < -0.39 is 11.7 Å². The van der Waals surface area contributed by atoms with Crippen LogP contribution in [0.4, 0.5) is 28.8 Å². The number of halogens is 1. The number of anilines is 5. The van der Waals surface area contributed by atoms with Gasteiger partial charge in [0.25, 0.3) is 11.7 Å². The third-order valence-corrected chi connectivity index (χ3v) is 5.34. The van der Waals surface area contributed by atoms with Crippen LogP contribution in [0.25, 0.3) is 0 Å². The number of para-hydroxylation sites is 1. The van der Waals surface area contributed by atoms with E-state index in [4.69, 9.17) is 11.6 Å². The molecule has 3 aromatic rings. The molecule has 1 aromatic heterocycles. The lowest BCUT2D eigenvalue weighted by molar-refractivity contribution is -0.124. The summed E-state index contributed by atoms with van der Waals surface area (Å²) in [5.74, 6) is -1.18. The summed E-state index contributed by atoms with van der Waals surface area (Å²) in [6.07, 6.45) is 2.62. The van der Waals surface area contributed by atoms with Crippen molar-refractivity contribution < 1.29 is 14.4 Å². The number of carbonyl (C=O) groups is 3. The Kier molecular flexibility index (Phi) is 8.94. The third-order valence-electron chi connectivity index (χ3n) is 5.07. The predicted octanol–water partition coefficient (Wildman–Crippen LogP) is 4.07. The van der Waals surface area contributed by atoms with Gasteiger partial charge >= 0.3 is 0 Å². The Balaban J connectivity index is 1.89. The van der Waals surface area contributed by atoms with Gasteiger partial charge in [0, 0.05) is 32.0 Å². The van der Waals surface area contributed by atoms with Crippen molar-refractivity contribution in [1.29, 1.82) is 0 Å². The summed E-state index contributed by atoms with van der Waals surface area (Å²) in [7, 11) is 6.89.